The quantitative estimate of drug-likeness (QED) is 0.565. The SMILES string of the molecule is COc1ccc(CSCC(=O)N(Cc2cccc(C)c2)[C@H](C)C(=O)NC2CCCC2)cc1. The normalized spacial score (nSPS) is 14.7. The Morgan fingerprint density at radius 1 is 1.12 bits per heavy atom. The smallest absolute Gasteiger partial charge is 0.242 e. The number of aryl methyl sites for hydroxylation is 1. The lowest BCUT2D eigenvalue weighted by Crippen LogP contribution is -2.50. The van der Waals surface area contributed by atoms with Crippen LogP contribution in [-0.4, -0.2) is 41.7 Å². The number of rotatable bonds is 10. The van der Waals surface area contributed by atoms with Crippen molar-refractivity contribution in [3.05, 3.63) is 65.2 Å². The first-order valence-electron chi connectivity index (χ1n) is 11.3. The summed E-state index contributed by atoms with van der Waals surface area (Å²) in [7, 11) is 1.65. The van der Waals surface area contributed by atoms with Gasteiger partial charge in [0.15, 0.2) is 0 Å². The molecule has 1 saturated carbocycles. The molecule has 0 aliphatic heterocycles. The second kappa shape index (κ2) is 12.0. The molecule has 2 amide bonds. The first-order valence-corrected chi connectivity index (χ1v) is 12.5. The number of ether oxygens (including phenoxy) is 1. The van der Waals surface area contributed by atoms with Crippen molar-refractivity contribution in [2.75, 3.05) is 12.9 Å². The third-order valence-corrected chi connectivity index (χ3v) is 6.95. The topological polar surface area (TPSA) is 58.6 Å². The van der Waals surface area contributed by atoms with Gasteiger partial charge in [0, 0.05) is 18.3 Å². The molecule has 0 saturated heterocycles. The number of nitrogens with zero attached hydrogens (tertiary/aromatic N) is 1. The maximum atomic E-state index is 13.2. The van der Waals surface area contributed by atoms with Crippen molar-refractivity contribution < 1.29 is 14.3 Å². The highest BCUT2D eigenvalue weighted by Gasteiger charge is 2.28. The molecule has 1 N–H and O–H groups in total. The van der Waals surface area contributed by atoms with Crippen LogP contribution >= 0.6 is 11.8 Å². The van der Waals surface area contributed by atoms with Gasteiger partial charge >= 0.3 is 0 Å². The molecule has 3 rings (SSSR count). The Bertz CT molecular complexity index is 894. The van der Waals surface area contributed by atoms with Gasteiger partial charge in [0.1, 0.15) is 11.8 Å². The summed E-state index contributed by atoms with van der Waals surface area (Å²) in [5.74, 6) is 1.81. The molecule has 6 heteroatoms. The minimum absolute atomic E-state index is 0.0147. The third kappa shape index (κ3) is 7.02. The molecule has 0 aromatic heterocycles. The van der Waals surface area contributed by atoms with Crippen molar-refractivity contribution in [2.45, 2.75) is 63.9 Å². The highest BCUT2D eigenvalue weighted by atomic mass is 32.2. The van der Waals surface area contributed by atoms with Crippen LogP contribution in [0.2, 0.25) is 0 Å². The molecule has 0 spiro atoms. The molecule has 1 aliphatic rings. The van der Waals surface area contributed by atoms with Crippen molar-refractivity contribution in [2.24, 2.45) is 0 Å². The molecular formula is C26H34N2O3S. The second-order valence-electron chi connectivity index (χ2n) is 8.52. The molecule has 0 unspecified atom stereocenters. The number of carbonyl (C=O) groups excluding carboxylic acids is 2. The van der Waals surface area contributed by atoms with E-state index in [0.29, 0.717) is 12.3 Å². The van der Waals surface area contributed by atoms with E-state index in [4.69, 9.17) is 4.74 Å². The van der Waals surface area contributed by atoms with Crippen LogP contribution in [0, 0.1) is 6.92 Å². The second-order valence-corrected chi connectivity index (χ2v) is 9.50. The molecular weight excluding hydrogens is 420 g/mol. The zero-order chi connectivity index (χ0) is 22.9. The van der Waals surface area contributed by atoms with E-state index in [1.807, 2.05) is 56.3 Å². The number of hydrogen-bond acceptors (Lipinski definition) is 4. The number of nitrogens with one attached hydrogen (secondary N) is 1. The molecule has 1 aliphatic carbocycles. The summed E-state index contributed by atoms with van der Waals surface area (Å²) in [4.78, 5) is 27.9. The maximum absolute atomic E-state index is 13.2. The van der Waals surface area contributed by atoms with Gasteiger partial charge in [-0.2, -0.15) is 0 Å². The van der Waals surface area contributed by atoms with Gasteiger partial charge < -0.3 is 15.0 Å². The van der Waals surface area contributed by atoms with Crippen molar-refractivity contribution in [3.8, 4) is 5.75 Å². The van der Waals surface area contributed by atoms with E-state index in [1.165, 1.54) is 0 Å². The Morgan fingerprint density at radius 3 is 2.50 bits per heavy atom. The largest absolute Gasteiger partial charge is 0.497 e. The summed E-state index contributed by atoms with van der Waals surface area (Å²) >= 11 is 1.57. The summed E-state index contributed by atoms with van der Waals surface area (Å²) in [6, 6.07) is 15.7. The summed E-state index contributed by atoms with van der Waals surface area (Å²) in [6.07, 6.45) is 4.38. The predicted octanol–water partition coefficient (Wildman–Crippen LogP) is 4.71. The highest BCUT2D eigenvalue weighted by molar-refractivity contribution is 7.99. The Kier molecular flexibility index (Phi) is 9.03. The summed E-state index contributed by atoms with van der Waals surface area (Å²) in [5.41, 5.74) is 3.33. The van der Waals surface area contributed by atoms with Crippen LogP contribution in [0.25, 0.3) is 0 Å². The van der Waals surface area contributed by atoms with E-state index in [-0.39, 0.29) is 17.9 Å². The van der Waals surface area contributed by atoms with Crippen molar-refractivity contribution in [1.29, 1.82) is 0 Å². The molecule has 2 aromatic carbocycles. The molecule has 5 nitrogen and oxygen atoms in total. The van der Waals surface area contributed by atoms with Gasteiger partial charge in [0.05, 0.1) is 12.9 Å². The average Bonchev–Trinajstić information content (AvgIpc) is 3.30. The number of benzene rings is 2. The van der Waals surface area contributed by atoms with Crippen LogP contribution in [0.3, 0.4) is 0 Å². The van der Waals surface area contributed by atoms with E-state index < -0.39 is 6.04 Å². The maximum Gasteiger partial charge on any atom is 0.242 e. The van der Waals surface area contributed by atoms with Crippen LogP contribution < -0.4 is 10.1 Å². The zero-order valence-electron chi connectivity index (χ0n) is 19.3. The Morgan fingerprint density at radius 2 is 1.84 bits per heavy atom. The van der Waals surface area contributed by atoms with E-state index >= 15 is 0 Å². The molecule has 0 bridgehead atoms. The lowest BCUT2D eigenvalue weighted by Gasteiger charge is -2.30. The van der Waals surface area contributed by atoms with Gasteiger partial charge in [-0.15, -0.1) is 11.8 Å². The van der Waals surface area contributed by atoms with Gasteiger partial charge in [0.25, 0.3) is 0 Å². The number of amides is 2. The molecule has 172 valence electrons. The first-order chi connectivity index (χ1) is 15.5. The van der Waals surface area contributed by atoms with E-state index in [1.54, 1.807) is 23.8 Å². The molecule has 2 aromatic rings. The predicted molar refractivity (Wildman–Crippen MR) is 131 cm³/mol. The summed E-state index contributed by atoms with van der Waals surface area (Å²) < 4.78 is 5.20. The van der Waals surface area contributed by atoms with Crippen LogP contribution in [0.1, 0.15) is 49.3 Å². The fourth-order valence-electron chi connectivity index (χ4n) is 4.04. The van der Waals surface area contributed by atoms with Gasteiger partial charge in [-0.05, 0) is 49.9 Å². The van der Waals surface area contributed by atoms with Crippen molar-refractivity contribution >= 4 is 23.6 Å². The third-order valence-electron chi connectivity index (χ3n) is 5.96. The number of thioether (sulfide) groups is 1. The standard InChI is InChI=1S/C26H34N2O3S/c1-19-7-6-8-22(15-19)16-28(20(2)26(30)27-23-9-4-5-10-23)25(29)18-32-17-21-11-13-24(31-3)14-12-21/h6-8,11-15,20,23H,4-5,9-10,16-18H2,1-3H3,(H,27,30)/t20-/m1/s1. The minimum Gasteiger partial charge on any atom is -0.497 e. The van der Waals surface area contributed by atoms with Crippen LogP contribution in [-0.2, 0) is 21.9 Å². The summed E-state index contributed by atoms with van der Waals surface area (Å²) in [5, 5.41) is 3.15. The van der Waals surface area contributed by atoms with Crippen molar-refractivity contribution in [1.82, 2.24) is 10.2 Å². The van der Waals surface area contributed by atoms with Gasteiger partial charge in [-0.1, -0.05) is 54.8 Å². The lowest BCUT2D eigenvalue weighted by atomic mass is 10.1. The zero-order valence-corrected chi connectivity index (χ0v) is 20.1. The fourth-order valence-corrected chi connectivity index (χ4v) is 4.91. The minimum atomic E-state index is -0.509. The van der Waals surface area contributed by atoms with Crippen LogP contribution in [0.4, 0.5) is 0 Å². The van der Waals surface area contributed by atoms with E-state index in [9.17, 15) is 9.59 Å². The average molecular weight is 455 g/mol. The number of carbonyl (C=O) groups is 2. The Balaban J connectivity index is 1.63. The first kappa shape index (κ1) is 24.2. The number of methoxy groups -OCH3 is 1. The molecule has 1 fully saturated rings. The van der Waals surface area contributed by atoms with Gasteiger partial charge in [-0.3, -0.25) is 9.59 Å². The van der Waals surface area contributed by atoms with Gasteiger partial charge in [-0.25, -0.2) is 0 Å². The van der Waals surface area contributed by atoms with Crippen LogP contribution in [0.5, 0.6) is 5.75 Å². The van der Waals surface area contributed by atoms with E-state index in [2.05, 4.69) is 11.4 Å². The van der Waals surface area contributed by atoms with E-state index in [0.717, 1.165) is 53.9 Å². The fraction of sp³-hybridized carbons (Fsp3) is 0.462. The Hall–Kier alpha value is -2.47. The molecule has 0 radical (unpaired) electrons. The molecule has 1 atom stereocenters. The Labute approximate surface area is 195 Å². The summed E-state index contributed by atoms with van der Waals surface area (Å²) in [6.45, 7) is 4.31. The molecule has 32 heavy (non-hydrogen) atoms. The highest BCUT2D eigenvalue weighted by Crippen LogP contribution is 2.20. The van der Waals surface area contributed by atoms with Crippen LogP contribution in [0.15, 0.2) is 48.5 Å². The number of hydrogen-bond donors (Lipinski definition) is 1. The molecule has 0 heterocycles. The monoisotopic (exact) mass is 454 g/mol. The van der Waals surface area contributed by atoms with Crippen molar-refractivity contribution in [3.63, 3.8) is 0 Å². The lowest BCUT2D eigenvalue weighted by molar-refractivity contribution is -0.138. The van der Waals surface area contributed by atoms with Gasteiger partial charge in [0.2, 0.25) is 11.8 Å².